The Kier molecular flexibility index (Phi) is 6.46. The lowest BCUT2D eigenvalue weighted by Gasteiger charge is -2.07. The number of benzene rings is 2. The third kappa shape index (κ3) is 5.18. The molecule has 2 rings (SSSR count). The molecule has 0 bridgehead atoms. The molecule has 0 heterocycles. The first-order valence-electron chi connectivity index (χ1n) is 7.77. The van der Waals surface area contributed by atoms with Crippen LogP contribution in [0.2, 0.25) is 0 Å². The summed E-state index contributed by atoms with van der Waals surface area (Å²) in [5.41, 5.74) is 1.50. The molecule has 0 spiro atoms. The van der Waals surface area contributed by atoms with Crippen molar-refractivity contribution in [3.05, 3.63) is 65.2 Å². The molecule has 1 N–H and O–H groups in total. The van der Waals surface area contributed by atoms with Gasteiger partial charge in [0.25, 0.3) is 5.91 Å². The van der Waals surface area contributed by atoms with E-state index < -0.39 is 24.5 Å². The molecule has 132 valence electrons. The molecule has 7 heteroatoms. The molecule has 0 fully saturated rings. The van der Waals surface area contributed by atoms with E-state index >= 15 is 0 Å². The Balaban J connectivity index is 1.85. The summed E-state index contributed by atoms with van der Waals surface area (Å²) in [5.74, 6) is -1.63. The van der Waals surface area contributed by atoms with Gasteiger partial charge in [-0.25, -0.2) is 9.59 Å². The maximum absolute atomic E-state index is 11.8. The summed E-state index contributed by atoms with van der Waals surface area (Å²) < 4.78 is 9.79. The van der Waals surface area contributed by atoms with Gasteiger partial charge in [0.1, 0.15) is 0 Å². The zero-order valence-corrected chi connectivity index (χ0v) is 14.0. The van der Waals surface area contributed by atoms with Gasteiger partial charge in [0.2, 0.25) is 0 Å². The van der Waals surface area contributed by atoms with E-state index in [4.69, 9.17) is 14.7 Å². The number of carbonyl (C=O) groups is 3. The summed E-state index contributed by atoms with van der Waals surface area (Å²) in [6, 6.07) is 14.0. The number of hydrogen-bond donors (Lipinski definition) is 1. The molecule has 0 atom stereocenters. The summed E-state index contributed by atoms with van der Waals surface area (Å²) in [6.45, 7) is 1.53. The topological polar surface area (TPSA) is 105 Å². The fourth-order valence-electron chi connectivity index (χ4n) is 2.00. The number of amides is 1. The maximum Gasteiger partial charge on any atom is 0.338 e. The second-order valence-corrected chi connectivity index (χ2v) is 5.11. The Hall–Kier alpha value is -3.66. The van der Waals surface area contributed by atoms with E-state index in [1.165, 1.54) is 36.4 Å². The van der Waals surface area contributed by atoms with Crippen molar-refractivity contribution in [1.29, 1.82) is 5.26 Å². The molecule has 7 nitrogen and oxygen atoms in total. The van der Waals surface area contributed by atoms with Gasteiger partial charge in [-0.05, 0) is 55.5 Å². The molecule has 26 heavy (non-hydrogen) atoms. The van der Waals surface area contributed by atoms with Crippen LogP contribution in [0.15, 0.2) is 48.5 Å². The fraction of sp³-hybridized carbons (Fsp3) is 0.158. The lowest BCUT2D eigenvalue weighted by molar-refractivity contribution is -0.119. The number of nitriles is 1. The van der Waals surface area contributed by atoms with E-state index in [1.807, 2.05) is 6.07 Å². The SMILES string of the molecule is CCOC(=O)c1ccc(NC(=O)COC(=O)c2ccc(C#N)cc2)cc1. The monoisotopic (exact) mass is 352 g/mol. The van der Waals surface area contributed by atoms with Crippen molar-refractivity contribution in [1.82, 2.24) is 0 Å². The summed E-state index contributed by atoms with van der Waals surface area (Å²) in [4.78, 5) is 35.2. The summed E-state index contributed by atoms with van der Waals surface area (Å²) in [5, 5.41) is 11.3. The van der Waals surface area contributed by atoms with Gasteiger partial charge >= 0.3 is 11.9 Å². The van der Waals surface area contributed by atoms with E-state index in [0.717, 1.165) is 0 Å². The summed E-state index contributed by atoms with van der Waals surface area (Å²) in [6.07, 6.45) is 0. The van der Waals surface area contributed by atoms with Crippen LogP contribution in [0.4, 0.5) is 5.69 Å². The first-order chi connectivity index (χ1) is 12.5. The quantitative estimate of drug-likeness (QED) is 0.801. The molecule has 0 aromatic heterocycles. The molecule has 0 unspecified atom stereocenters. The molecule has 0 aliphatic heterocycles. The van der Waals surface area contributed by atoms with Gasteiger partial charge < -0.3 is 14.8 Å². The van der Waals surface area contributed by atoms with Gasteiger partial charge in [0.15, 0.2) is 6.61 Å². The van der Waals surface area contributed by atoms with Crippen LogP contribution in [-0.2, 0) is 14.3 Å². The van der Waals surface area contributed by atoms with Crippen LogP contribution < -0.4 is 5.32 Å². The van der Waals surface area contributed by atoms with Crippen LogP contribution in [0, 0.1) is 11.3 Å². The van der Waals surface area contributed by atoms with Gasteiger partial charge in [-0.15, -0.1) is 0 Å². The van der Waals surface area contributed by atoms with Crippen molar-refractivity contribution >= 4 is 23.5 Å². The third-order valence-electron chi connectivity index (χ3n) is 3.26. The second kappa shape index (κ2) is 8.99. The molecule has 0 saturated heterocycles. The third-order valence-corrected chi connectivity index (χ3v) is 3.26. The summed E-state index contributed by atoms with van der Waals surface area (Å²) in [7, 11) is 0. The largest absolute Gasteiger partial charge is 0.462 e. The van der Waals surface area contributed by atoms with E-state index in [0.29, 0.717) is 16.8 Å². The minimum Gasteiger partial charge on any atom is -0.462 e. The molecule has 0 saturated carbocycles. The van der Waals surface area contributed by atoms with Crippen LogP contribution in [0.25, 0.3) is 0 Å². The smallest absolute Gasteiger partial charge is 0.338 e. The fourth-order valence-corrected chi connectivity index (χ4v) is 2.00. The zero-order chi connectivity index (χ0) is 18.9. The van der Waals surface area contributed by atoms with Crippen molar-refractivity contribution in [2.24, 2.45) is 0 Å². The maximum atomic E-state index is 11.8. The average Bonchev–Trinajstić information content (AvgIpc) is 2.67. The Morgan fingerprint density at radius 1 is 0.923 bits per heavy atom. The number of hydrogen-bond acceptors (Lipinski definition) is 6. The molecular formula is C19H16N2O5. The number of esters is 2. The van der Waals surface area contributed by atoms with Crippen LogP contribution >= 0.6 is 0 Å². The highest BCUT2D eigenvalue weighted by Gasteiger charge is 2.11. The molecule has 0 aliphatic carbocycles. The van der Waals surface area contributed by atoms with E-state index in [1.54, 1.807) is 19.1 Å². The van der Waals surface area contributed by atoms with Gasteiger partial charge in [0, 0.05) is 5.69 Å². The van der Waals surface area contributed by atoms with Gasteiger partial charge in [0.05, 0.1) is 29.4 Å². The second-order valence-electron chi connectivity index (χ2n) is 5.11. The number of nitrogens with one attached hydrogen (secondary N) is 1. The first-order valence-corrected chi connectivity index (χ1v) is 7.77. The zero-order valence-electron chi connectivity index (χ0n) is 14.0. The van der Waals surface area contributed by atoms with Crippen molar-refractivity contribution in [3.63, 3.8) is 0 Å². The predicted molar refractivity (Wildman–Crippen MR) is 92.5 cm³/mol. The number of rotatable bonds is 6. The lowest BCUT2D eigenvalue weighted by atomic mass is 10.1. The molecule has 2 aromatic carbocycles. The minimum absolute atomic E-state index is 0.246. The van der Waals surface area contributed by atoms with Crippen LogP contribution in [0.5, 0.6) is 0 Å². The van der Waals surface area contributed by atoms with E-state index in [9.17, 15) is 14.4 Å². The molecule has 0 aliphatic rings. The van der Waals surface area contributed by atoms with Crippen LogP contribution in [-0.4, -0.2) is 31.1 Å². The molecule has 2 aromatic rings. The van der Waals surface area contributed by atoms with Crippen LogP contribution in [0.3, 0.4) is 0 Å². The highest BCUT2D eigenvalue weighted by Crippen LogP contribution is 2.11. The lowest BCUT2D eigenvalue weighted by Crippen LogP contribution is -2.21. The van der Waals surface area contributed by atoms with Gasteiger partial charge in [-0.2, -0.15) is 5.26 Å². The van der Waals surface area contributed by atoms with Gasteiger partial charge in [-0.3, -0.25) is 4.79 Å². The number of ether oxygens (including phenoxy) is 2. The van der Waals surface area contributed by atoms with E-state index in [-0.39, 0.29) is 12.2 Å². The Morgan fingerprint density at radius 2 is 1.46 bits per heavy atom. The number of nitrogens with zero attached hydrogens (tertiary/aromatic N) is 1. The summed E-state index contributed by atoms with van der Waals surface area (Å²) >= 11 is 0. The highest BCUT2D eigenvalue weighted by atomic mass is 16.5. The Morgan fingerprint density at radius 3 is 2.00 bits per heavy atom. The number of carbonyl (C=O) groups excluding carboxylic acids is 3. The molecular weight excluding hydrogens is 336 g/mol. The van der Waals surface area contributed by atoms with Crippen molar-refractivity contribution in [2.45, 2.75) is 6.92 Å². The van der Waals surface area contributed by atoms with Gasteiger partial charge in [-0.1, -0.05) is 0 Å². The van der Waals surface area contributed by atoms with Crippen molar-refractivity contribution in [2.75, 3.05) is 18.5 Å². The molecule has 1 amide bonds. The first kappa shape index (κ1) is 18.7. The standard InChI is InChI=1S/C19H16N2O5/c1-2-25-18(23)15-7-9-16(10-8-15)21-17(22)12-26-19(24)14-5-3-13(11-20)4-6-14/h3-10H,2,12H2,1H3,(H,21,22). The Labute approximate surface area is 150 Å². The number of anilines is 1. The van der Waals surface area contributed by atoms with E-state index in [2.05, 4.69) is 5.32 Å². The van der Waals surface area contributed by atoms with Crippen molar-refractivity contribution in [3.8, 4) is 6.07 Å². The molecule has 0 radical (unpaired) electrons. The van der Waals surface area contributed by atoms with Crippen molar-refractivity contribution < 1.29 is 23.9 Å². The normalized spacial score (nSPS) is 9.69. The Bertz CT molecular complexity index is 836. The highest BCUT2D eigenvalue weighted by molar-refractivity contribution is 5.96. The van der Waals surface area contributed by atoms with Crippen LogP contribution in [0.1, 0.15) is 33.2 Å². The average molecular weight is 352 g/mol. The predicted octanol–water partition coefficient (Wildman–Crippen LogP) is 2.53. The minimum atomic E-state index is -0.665.